The van der Waals surface area contributed by atoms with E-state index in [0.717, 1.165) is 23.2 Å². The Kier molecular flexibility index (Phi) is 3.98. The summed E-state index contributed by atoms with van der Waals surface area (Å²) in [7, 11) is 1.81. The Morgan fingerprint density at radius 2 is 2.09 bits per heavy atom. The van der Waals surface area contributed by atoms with Crippen molar-refractivity contribution in [2.75, 3.05) is 7.05 Å². The van der Waals surface area contributed by atoms with Gasteiger partial charge in [-0.15, -0.1) is 0 Å². The number of fused-ring (bicyclic) bond motifs is 1. The average Bonchev–Trinajstić information content (AvgIpc) is 2.91. The van der Waals surface area contributed by atoms with Gasteiger partial charge in [-0.2, -0.15) is 5.10 Å². The molecule has 1 aliphatic heterocycles. The van der Waals surface area contributed by atoms with E-state index < -0.39 is 0 Å². The lowest BCUT2D eigenvalue weighted by atomic mass is 9.99. The Balaban J connectivity index is 1.81. The molecule has 0 radical (unpaired) electrons. The molecular weight excluding hydrogens is 278 g/mol. The Bertz CT molecular complexity index is 666. The summed E-state index contributed by atoms with van der Waals surface area (Å²) < 4.78 is 5.77. The maximum Gasteiger partial charge on any atom is 0.274 e. The van der Waals surface area contributed by atoms with Gasteiger partial charge in [0.05, 0.1) is 17.9 Å². The van der Waals surface area contributed by atoms with E-state index in [0.29, 0.717) is 12.2 Å². The maximum absolute atomic E-state index is 12.7. The second-order valence-corrected chi connectivity index (χ2v) is 5.90. The normalized spacial score (nSPS) is 20.5. The highest BCUT2D eigenvalue weighted by Gasteiger charge is 2.30. The topological polar surface area (TPSA) is 58.2 Å². The molecule has 0 fully saturated rings. The van der Waals surface area contributed by atoms with Crippen molar-refractivity contribution in [3.8, 4) is 0 Å². The van der Waals surface area contributed by atoms with Crippen LogP contribution in [0.2, 0.25) is 0 Å². The van der Waals surface area contributed by atoms with Gasteiger partial charge in [-0.3, -0.25) is 9.89 Å². The van der Waals surface area contributed by atoms with Crippen LogP contribution < -0.4 is 0 Å². The van der Waals surface area contributed by atoms with Crippen LogP contribution in [0, 0.1) is 0 Å². The number of aromatic nitrogens is 2. The van der Waals surface area contributed by atoms with Crippen LogP contribution in [0.1, 0.15) is 47.3 Å². The zero-order valence-electron chi connectivity index (χ0n) is 13.2. The van der Waals surface area contributed by atoms with Crippen LogP contribution in [0.5, 0.6) is 0 Å². The van der Waals surface area contributed by atoms with Gasteiger partial charge in [0.2, 0.25) is 0 Å². The zero-order chi connectivity index (χ0) is 15.7. The van der Waals surface area contributed by atoms with E-state index in [4.69, 9.17) is 4.74 Å². The van der Waals surface area contributed by atoms with Crippen LogP contribution in [0.25, 0.3) is 0 Å². The van der Waals surface area contributed by atoms with Crippen molar-refractivity contribution in [1.82, 2.24) is 15.1 Å². The Morgan fingerprint density at radius 3 is 2.82 bits per heavy atom. The minimum atomic E-state index is -0.0531. The molecule has 0 saturated heterocycles. The van der Waals surface area contributed by atoms with E-state index in [1.54, 1.807) is 4.90 Å². The molecule has 1 aromatic heterocycles. The molecule has 1 aromatic carbocycles. The molecule has 0 bridgehead atoms. The minimum absolute atomic E-state index is 0.0489. The Hall–Kier alpha value is -2.14. The SMILES string of the molecule is C[C@@H]1Cc2c(C(=O)N(C)Cc3ccccc3)n[nH]c2[C@H](C)O1. The largest absolute Gasteiger partial charge is 0.369 e. The molecule has 0 aliphatic carbocycles. The number of hydrogen-bond acceptors (Lipinski definition) is 3. The number of aromatic amines is 1. The van der Waals surface area contributed by atoms with Crippen LogP contribution in [-0.4, -0.2) is 34.2 Å². The van der Waals surface area contributed by atoms with E-state index in [2.05, 4.69) is 10.2 Å². The van der Waals surface area contributed by atoms with Crippen molar-refractivity contribution in [2.45, 2.75) is 39.0 Å². The summed E-state index contributed by atoms with van der Waals surface area (Å²) in [5.41, 5.74) is 3.55. The molecule has 3 rings (SSSR count). The van der Waals surface area contributed by atoms with Crippen molar-refractivity contribution < 1.29 is 9.53 Å². The van der Waals surface area contributed by atoms with Crippen molar-refractivity contribution in [2.24, 2.45) is 0 Å². The molecule has 5 nitrogen and oxygen atoms in total. The van der Waals surface area contributed by atoms with E-state index in [-0.39, 0.29) is 18.1 Å². The third-order valence-electron chi connectivity index (χ3n) is 4.05. The van der Waals surface area contributed by atoms with Gasteiger partial charge in [0.25, 0.3) is 5.91 Å². The summed E-state index contributed by atoms with van der Waals surface area (Å²) in [6.07, 6.45) is 0.773. The average molecular weight is 299 g/mol. The molecule has 2 atom stereocenters. The summed E-state index contributed by atoms with van der Waals surface area (Å²) in [6, 6.07) is 9.96. The van der Waals surface area contributed by atoms with Crippen LogP contribution >= 0.6 is 0 Å². The Morgan fingerprint density at radius 1 is 1.36 bits per heavy atom. The number of nitrogens with one attached hydrogen (secondary N) is 1. The highest BCUT2D eigenvalue weighted by molar-refractivity contribution is 5.93. The molecule has 1 N–H and O–H groups in total. The second-order valence-electron chi connectivity index (χ2n) is 5.90. The van der Waals surface area contributed by atoms with Crippen molar-refractivity contribution in [3.05, 3.63) is 52.8 Å². The van der Waals surface area contributed by atoms with E-state index in [9.17, 15) is 4.79 Å². The number of ether oxygens (including phenoxy) is 1. The molecule has 2 aromatic rings. The molecular formula is C17H21N3O2. The lowest BCUT2D eigenvalue weighted by Gasteiger charge is -2.25. The minimum Gasteiger partial charge on any atom is -0.369 e. The van der Waals surface area contributed by atoms with Crippen molar-refractivity contribution in [3.63, 3.8) is 0 Å². The summed E-state index contributed by atoms with van der Waals surface area (Å²) >= 11 is 0. The summed E-state index contributed by atoms with van der Waals surface area (Å²) in [5, 5.41) is 7.22. The van der Waals surface area contributed by atoms with E-state index in [1.807, 2.05) is 51.2 Å². The molecule has 5 heteroatoms. The highest BCUT2D eigenvalue weighted by Crippen LogP contribution is 2.30. The lowest BCUT2D eigenvalue weighted by Crippen LogP contribution is -2.29. The third-order valence-corrected chi connectivity index (χ3v) is 4.05. The maximum atomic E-state index is 12.7. The number of rotatable bonds is 3. The van der Waals surface area contributed by atoms with Gasteiger partial charge in [0, 0.05) is 25.6 Å². The number of H-pyrrole nitrogens is 1. The molecule has 0 saturated carbocycles. The first kappa shape index (κ1) is 14.8. The predicted octanol–water partition coefficient (Wildman–Crippen LogP) is 2.70. The molecule has 1 aliphatic rings. The van der Waals surface area contributed by atoms with Gasteiger partial charge in [-0.25, -0.2) is 0 Å². The summed E-state index contributed by atoms with van der Waals surface area (Å²) in [6.45, 7) is 4.58. The molecule has 0 spiro atoms. The van der Waals surface area contributed by atoms with Gasteiger partial charge in [-0.05, 0) is 19.4 Å². The number of amides is 1. The second kappa shape index (κ2) is 5.93. The number of benzene rings is 1. The van der Waals surface area contributed by atoms with Gasteiger partial charge < -0.3 is 9.64 Å². The fourth-order valence-electron chi connectivity index (χ4n) is 2.96. The standard InChI is InChI=1S/C17H21N3O2/c1-11-9-14-15(12(2)22-11)18-19-16(14)17(21)20(3)10-13-7-5-4-6-8-13/h4-8,11-12H,9-10H2,1-3H3,(H,18,19)/t11-,12+/m1/s1. The van der Waals surface area contributed by atoms with Gasteiger partial charge in [0.1, 0.15) is 0 Å². The smallest absolute Gasteiger partial charge is 0.274 e. The first-order valence-electron chi connectivity index (χ1n) is 7.58. The number of hydrogen-bond donors (Lipinski definition) is 1. The zero-order valence-corrected chi connectivity index (χ0v) is 13.2. The van der Waals surface area contributed by atoms with Gasteiger partial charge in [0.15, 0.2) is 5.69 Å². The number of nitrogens with zero attached hydrogens (tertiary/aromatic N) is 2. The fourth-order valence-corrected chi connectivity index (χ4v) is 2.96. The lowest BCUT2D eigenvalue weighted by molar-refractivity contribution is -0.00701. The number of carbonyl (C=O) groups is 1. The van der Waals surface area contributed by atoms with Crippen molar-refractivity contribution in [1.29, 1.82) is 0 Å². The molecule has 116 valence electrons. The van der Waals surface area contributed by atoms with Crippen LogP contribution in [0.4, 0.5) is 0 Å². The van der Waals surface area contributed by atoms with E-state index >= 15 is 0 Å². The van der Waals surface area contributed by atoms with Crippen LogP contribution in [-0.2, 0) is 17.7 Å². The molecule has 22 heavy (non-hydrogen) atoms. The van der Waals surface area contributed by atoms with Gasteiger partial charge in [-0.1, -0.05) is 30.3 Å². The summed E-state index contributed by atoms with van der Waals surface area (Å²) in [4.78, 5) is 14.4. The van der Waals surface area contributed by atoms with Crippen LogP contribution in [0.15, 0.2) is 30.3 Å². The molecule has 0 unspecified atom stereocenters. The Labute approximate surface area is 130 Å². The predicted molar refractivity (Wildman–Crippen MR) is 83.5 cm³/mol. The molecule has 2 heterocycles. The quantitative estimate of drug-likeness (QED) is 0.948. The van der Waals surface area contributed by atoms with Crippen molar-refractivity contribution >= 4 is 5.91 Å². The fraction of sp³-hybridized carbons (Fsp3) is 0.412. The first-order chi connectivity index (χ1) is 10.6. The molecule has 1 amide bonds. The van der Waals surface area contributed by atoms with Gasteiger partial charge >= 0.3 is 0 Å². The third kappa shape index (κ3) is 2.76. The van der Waals surface area contributed by atoms with Crippen LogP contribution in [0.3, 0.4) is 0 Å². The highest BCUT2D eigenvalue weighted by atomic mass is 16.5. The summed E-state index contributed by atoms with van der Waals surface area (Å²) in [5.74, 6) is -0.0531. The van der Waals surface area contributed by atoms with E-state index in [1.165, 1.54) is 0 Å². The number of carbonyl (C=O) groups excluding carboxylic acids is 1. The monoisotopic (exact) mass is 299 g/mol. The first-order valence-corrected chi connectivity index (χ1v) is 7.58.